The summed E-state index contributed by atoms with van der Waals surface area (Å²) < 4.78 is 26.2. The molecular weight excluding hydrogens is 280 g/mol. The number of hydrogen-bond donors (Lipinski definition) is 1. The monoisotopic (exact) mass is 300 g/mol. The van der Waals surface area contributed by atoms with Crippen molar-refractivity contribution in [3.63, 3.8) is 0 Å². The van der Waals surface area contributed by atoms with Crippen LogP contribution in [0.2, 0.25) is 0 Å². The second-order valence-electron chi connectivity index (χ2n) is 5.69. The zero-order valence-corrected chi connectivity index (χ0v) is 12.3. The Morgan fingerprint density at radius 3 is 2.55 bits per heavy atom. The summed E-state index contributed by atoms with van der Waals surface area (Å²) in [7, 11) is -3.89. The summed E-state index contributed by atoms with van der Waals surface area (Å²) >= 11 is 0. The van der Waals surface area contributed by atoms with Crippen LogP contribution in [-0.4, -0.2) is 41.1 Å². The molecule has 1 N–H and O–H groups in total. The number of carboxylic acids is 1. The molecule has 2 fully saturated rings. The first kappa shape index (κ1) is 15.3. The van der Waals surface area contributed by atoms with Gasteiger partial charge in [0.2, 0.25) is 10.0 Å². The Hall–Kier alpha value is -1.13. The normalized spacial score (nSPS) is 32.9. The summed E-state index contributed by atoms with van der Waals surface area (Å²) in [5, 5.41) is 17.0. The Morgan fingerprint density at radius 2 is 1.95 bits per heavy atom. The molecule has 112 valence electrons. The number of nitrogens with zero attached hydrogens (tertiary/aromatic N) is 2. The number of nitriles is 1. The molecule has 0 radical (unpaired) electrons. The molecule has 1 saturated carbocycles. The summed E-state index contributed by atoms with van der Waals surface area (Å²) in [6, 6.07) is 0.466. The van der Waals surface area contributed by atoms with Gasteiger partial charge in [-0.3, -0.25) is 4.79 Å². The molecule has 0 bridgehead atoms. The molecule has 7 heteroatoms. The molecule has 0 spiro atoms. The first-order valence-corrected chi connectivity index (χ1v) is 8.54. The fourth-order valence-electron chi connectivity index (χ4n) is 3.44. The summed E-state index contributed by atoms with van der Waals surface area (Å²) in [5.41, 5.74) is 0. The predicted octanol–water partition coefficient (Wildman–Crippen LogP) is 1.34. The van der Waals surface area contributed by atoms with E-state index in [-0.39, 0.29) is 12.0 Å². The number of piperidine rings is 1. The molecule has 2 aliphatic rings. The van der Waals surface area contributed by atoms with Crippen LogP contribution in [0.25, 0.3) is 0 Å². The van der Waals surface area contributed by atoms with Crippen molar-refractivity contribution in [3.05, 3.63) is 0 Å². The van der Waals surface area contributed by atoms with Gasteiger partial charge in [-0.1, -0.05) is 12.8 Å². The molecule has 0 amide bonds. The SMILES string of the molecule is CC(C#N)S(=O)(=O)N1C(C(=O)O)CCC2CCCCC21. The summed E-state index contributed by atoms with van der Waals surface area (Å²) in [6.45, 7) is 1.32. The van der Waals surface area contributed by atoms with Crippen LogP contribution >= 0.6 is 0 Å². The fraction of sp³-hybridized carbons (Fsp3) is 0.846. The van der Waals surface area contributed by atoms with Crippen LogP contribution in [0.5, 0.6) is 0 Å². The predicted molar refractivity (Wildman–Crippen MR) is 72.2 cm³/mol. The van der Waals surface area contributed by atoms with Crippen molar-refractivity contribution in [1.82, 2.24) is 4.31 Å². The summed E-state index contributed by atoms with van der Waals surface area (Å²) in [5.74, 6) is -0.872. The number of aliphatic carboxylic acids is 1. The number of carboxylic acid groups (broad SMARTS) is 1. The van der Waals surface area contributed by atoms with Gasteiger partial charge < -0.3 is 5.11 Å². The highest BCUT2D eigenvalue weighted by atomic mass is 32.2. The van der Waals surface area contributed by atoms with Crippen LogP contribution in [0.1, 0.15) is 45.4 Å². The largest absolute Gasteiger partial charge is 0.480 e. The van der Waals surface area contributed by atoms with Crippen molar-refractivity contribution in [3.8, 4) is 6.07 Å². The first-order chi connectivity index (χ1) is 9.39. The van der Waals surface area contributed by atoms with E-state index in [1.807, 2.05) is 0 Å². The molecule has 6 nitrogen and oxygen atoms in total. The number of rotatable bonds is 3. The average Bonchev–Trinajstić information content (AvgIpc) is 2.44. The van der Waals surface area contributed by atoms with Gasteiger partial charge in [0.1, 0.15) is 6.04 Å². The summed E-state index contributed by atoms with van der Waals surface area (Å²) in [4.78, 5) is 11.4. The third-order valence-electron chi connectivity index (χ3n) is 4.52. The van der Waals surface area contributed by atoms with Crippen LogP contribution in [0.3, 0.4) is 0 Å². The van der Waals surface area contributed by atoms with Crippen LogP contribution < -0.4 is 0 Å². The fourth-order valence-corrected chi connectivity index (χ4v) is 5.14. The lowest BCUT2D eigenvalue weighted by atomic mass is 9.78. The van der Waals surface area contributed by atoms with Gasteiger partial charge in [0.15, 0.2) is 5.25 Å². The molecule has 1 aliphatic carbocycles. The van der Waals surface area contributed by atoms with E-state index in [9.17, 15) is 18.3 Å². The molecular formula is C13H20N2O4S. The molecule has 2 rings (SSSR count). The third kappa shape index (κ3) is 2.54. The van der Waals surface area contributed by atoms with Crippen molar-refractivity contribution >= 4 is 16.0 Å². The minimum absolute atomic E-state index is 0.236. The second-order valence-corrected chi connectivity index (χ2v) is 7.85. The standard InChI is InChI=1S/C13H20N2O4S/c1-9(8-14)20(18,19)15-11-5-3-2-4-10(11)6-7-12(15)13(16)17/h9-12H,2-7H2,1H3,(H,16,17). The van der Waals surface area contributed by atoms with Gasteiger partial charge in [0.25, 0.3) is 0 Å². The van der Waals surface area contributed by atoms with Crippen LogP contribution in [0.15, 0.2) is 0 Å². The van der Waals surface area contributed by atoms with E-state index in [4.69, 9.17) is 5.26 Å². The van der Waals surface area contributed by atoms with E-state index in [0.717, 1.165) is 30.0 Å². The first-order valence-electron chi connectivity index (χ1n) is 7.04. The molecule has 0 aromatic rings. The number of carbonyl (C=O) groups is 1. The van der Waals surface area contributed by atoms with E-state index >= 15 is 0 Å². The Labute approximate surface area is 119 Å². The highest BCUT2D eigenvalue weighted by Crippen LogP contribution is 2.40. The van der Waals surface area contributed by atoms with E-state index in [0.29, 0.717) is 12.8 Å². The van der Waals surface area contributed by atoms with Gasteiger partial charge in [-0.25, -0.2) is 8.42 Å². The molecule has 1 heterocycles. The van der Waals surface area contributed by atoms with E-state index < -0.39 is 27.3 Å². The molecule has 4 unspecified atom stereocenters. The van der Waals surface area contributed by atoms with Gasteiger partial charge in [0, 0.05) is 6.04 Å². The molecule has 0 aromatic carbocycles. The zero-order valence-electron chi connectivity index (χ0n) is 11.5. The van der Waals surface area contributed by atoms with Gasteiger partial charge in [-0.05, 0) is 38.5 Å². The van der Waals surface area contributed by atoms with Crippen LogP contribution in [-0.2, 0) is 14.8 Å². The minimum atomic E-state index is -3.89. The van der Waals surface area contributed by atoms with Crippen molar-refractivity contribution in [2.75, 3.05) is 0 Å². The van der Waals surface area contributed by atoms with Gasteiger partial charge in [-0.15, -0.1) is 0 Å². The Kier molecular flexibility index (Phi) is 4.35. The van der Waals surface area contributed by atoms with Gasteiger partial charge >= 0.3 is 5.97 Å². The van der Waals surface area contributed by atoms with E-state index in [2.05, 4.69) is 0 Å². The Bertz CT molecular complexity index is 525. The molecule has 1 saturated heterocycles. The zero-order chi connectivity index (χ0) is 14.9. The molecule has 1 aliphatic heterocycles. The van der Waals surface area contributed by atoms with Gasteiger partial charge in [-0.2, -0.15) is 9.57 Å². The topological polar surface area (TPSA) is 98.5 Å². The Balaban J connectivity index is 2.40. The molecule has 0 aromatic heterocycles. The maximum atomic E-state index is 12.5. The van der Waals surface area contributed by atoms with Crippen molar-refractivity contribution in [2.45, 2.75) is 62.8 Å². The number of fused-ring (bicyclic) bond motifs is 1. The van der Waals surface area contributed by atoms with Gasteiger partial charge in [0.05, 0.1) is 6.07 Å². The van der Waals surface area contributed by atoms with Crippen molar-refractivity contribution < 1.29 is 18.3 Å². The number of sulfonamides is 1. The number of hydrogen-bond acceptors (Lipinski definition) is 4. The molecule has 20 heavy (non-hydrogen) atoms. The highest BCUT2D eigenvalue weighted by molar-refractivity contribution is 7.90. The van der Waals surface area contributed by atoms with E-state index in [1.165, 1.54) is 6.92 Å². The minimum Gasteiger partial charge on any atom is -0.480 e. The van der Waals surface area contributed by atoms with Crippen molar-refractivity contribution in [1.29, 1.82) is 5.26 Å². The molecule has 4 atom stereocenters. The van der Waals surface area contributed by atoms with E-state index in [1.54, 1.807) is 6.07 Å². The average molecular weight is 300 g/mol. The lowest BCUT2D eigenvalue weighted by molar-refractivity contribution is -0.144. The van der Waals surface area contributed by atoms with Crippen molar-refractivity contribution in [2.24, 2.45) is 5.92 Å². The third-order valence-corrected chi connectivity index (χ3v) is 6.63. The Morgan fingerprint density at radius 1 is 1.30 bits per heavy atom. The second kappa shape index (κ2) is 5.70. The quantitative estimate of drug-likeness (QED) is 0.848. The lowest BCUT2D eigenvalue weighted by Crippen LogP contribution is -2.58. The summed E-state index contributed by atoms with van der Waals surface area (Å²) in [6.07, 6.45) is 4.74. The smallest absolute Gasteiger partial charge is 0.322 e. The van der Waals surface area contributed by atoms with Crippen LogP contribution in [0.4, 0.5) is 0 Å². The maximum absolute atomic E-state index is 12.5. The van der Waals surface area contributed by atoms with Crippen LogP contribution in [0, 0.1) is 17.2 Å². The maximum Gasteiger partial charge on any atom is 0.322 e. The lowest BCUT2D eigenvalue weighted by Gasteiger charge is -2.46. The highest BCUT2D eigenvalue weighted by Gasteiger charge is 2.48.